The summed E-state index contributed by atoms with van der Waals surface area (Å²) in [6.45, 7) is -0.615. The average Bonchev–Trinajstić information content (AvgIpc) is 2.83. The molecule has 2 fully saturated rings. The molecule has 0 aromatic carbocycles. The highest BCUT2D eigenvalue weighted by Gasteiger charge is 2.44. The highest BCUT2D eigenvalue weighted by atomic mass is 16.7. The number of carboxylic acid groups (broad SMARTS) is 1. The van der Waals surface area contributed by atoms with Crippen LogP contribution in [0.3, 0.4) is 0 Å². The molecule has 0 bridgehead atoms. The van der Waals surface area contributed by atoms with Crippen molar-refractivity contribution in [1.82, 2.24) is 5.32 Å². The number of ether oxygens (including phenoxy) is 2. The van der Waals surface area contributed by atoms with Gasteiger partial charge in [-0.1, -0.05) is 44.9 Å². The summed E-state index contributed by atoms with van der Waals surface area (Å²) in [5.41, 5.74) is 0. The fraction of sp³-hybridized carbons (Fsp3) is 0.958. The maximum Gasteiger partial charge on any atom is 0.305 e. The van der Waals surface area contributed by atoms with Crippen molar-refractivity contribution >= 4 is 5.97 Å². The van der Waals surface area contributed by atoms with Crippen molar-refractivity contribution in [2.45, 2.75) is 132 Å². The first-order valence-corrected chi connectivity index (χ1v) is 13.0. The van der Waals surface area contributed by atoms with Gasteiger partial charge in [0.25, 0.3) is 0 Å². The van der Waals surface area contributed by atoms with Crippen LogP contribution in [0.2, 0.25) is 0 Å². The van der Waals surface area contributed by atoms with Crippen LogP contribution in [0.5, 0.6) is 0 Å². The lowest BCUT2D eigenvalue weighted by Crippen LogP contribution is -2.59. The van der Waals surface area contributed by atoms with Crippen LogP contribution in [0.15, 0.2) is 0 Å². The largest absolute Gasteiger partial charge is 0.481 e. The van der Waals surface area contributed by atoms with E-state index in [1.165, 1.54) is 0 Å². The standard InChI is InChI=1S/C24H45NO10/c26-13-17-18(28)11-10-15(25-17)8-6-4-2-1-3-5-7-9-16(12-20(29)30)34-24-23(33)22(32)21(31)19(14-27)35-24/h15-19,21-28,31-33H,1-14H2,(H,29,30). The predicted octanol–water partition coefficient (Wildman–Crippen LogP) is -0.369. The van der Waals surface area contributed by atoms with Gasteiger partial charge in [-0.2, -0.15) is 0 Å². The number of nitrogens with one attached hydrogen (secondary N) is 1. The summed E-state index contributed by atoms with van der Waals surface area (Å²) >= 11 is 0. The molecule has 0 radical (unpaired) electrons. The van der Waals surface area contributed by atoms with Gasteiger partial charge in [0.15, 0.2) is 6.29 Å². The van der Waals surface area contributed by atoms with Gasteiger partial charge in [-0.15, -0.1) is 0 Å². The summed E-state index contributed by atoms with van der Waals surface area (Å²) in [7, 11) is 0. The Morgan fingerprint density at radius 1 is 0.886 bits per heavy atom. The summed E-state index contributed by atoms with van der Waals surface area (Å²) in [6.07, 6.45) is 1.72. The quantitative estimate of drug-likeness (QED) is 0.127. The number of aliphatic hydroxyl groups excluding tert-OH is 6. The van der Waals surface area contributed by atoms with E-state index in [4.69, 9.17) is 9.47 Å². The molecule has 11 heteroatoms. The van der Waals surface area contributed by atoms with Crippen molar-refractivity contribution in [3.63, 3.8) is 0 Å². The molecule has 11 nitrogen and oxygen atoms in total. The van der Waals surface area contributed by atoms with Gasteiger partial charge in [0.05, 0.1) is 37.9 Å². The highest BCUT2D eigenvalue weighted by molar-refractivity contribution is 5.67. The zero-order valence-corrected chi connectivity index (χ0v) is 20.5. The minimum absolute atomic E-state index is 0.0431. The number of carbonyl (C=O) groups is 1. The fourth-order valence-corrected chi connectivity index (χ4v) is 4.90. The normalized spacial score (nSPS) is 34.6. The van der Waals surface area contributed by atoms with Crippen molar-refractivity contribution in [3.05, 3.63) is 0 Å². The van der Waals surface area contributed by atoms with Gasteiger partial charge in [-0.3, -0.25) is 4.79 Å². The number of piperidine rings is 1. The van der Waals surface area contributed by atoms with Crippen LogP contribution in [0, 0.1) is 0 Å². The summed E-state index contributed by atoms with van der Waals surface area (Å²) in [5.74, 6) is -1.05. The Kier molecular flexibility index (Phi) is 13.9. The lowest BCUT2D eigenvalue weighted by Gasteiger charge is -2.40. The molecule has 35 heavy (non-hydrogen) atoms. The molecular weight excluding hydrogens is 462 g/mol. The first-order chi connectivity index (χ1) is 16.8. The molecule has 2 aliphatic heterocycles. The second-order valence-corrected chi connectivity index (χ2v) is 9.90. The lowest BCUT2D eigenvalue weighted by molar-refractivity contribution is -0.311. The van der Waals surface area contributed by atoms with Crippen molar-refractivity contribution in [2.24, 2.45) is 0 Å². The molecule has 0 saturated carbocycles. The number of unbranched alkanes of at least 4 members (excludes halogenated alkanes) is 6. The van der Waals surface area contributed by atoms with E-state index in [0.29, 0.717) is 12.5 Å². The molecule has 2 heterocycles. The van der Waals surface area contributed by atoms with Gasteiger partial charge >= 0.3 is 5.97 Å². The molecule has 0 amide bonds. The topological polar surface area (TPSA) is 189 Å². The first-order valence-electron chi connectivity index (χ1n) is 13.0. The Morgan fingerprint density at radius 3 is 2.17 bits per heavy atom. The molecule has 9 unspecified atom stereocenters. The average molecular weight is 508 g/mol. The summed E-state index contributed by atoms with van der Waals surface area (Å²) in [5, 5.41) is 70.8. The van der Waals surface area contributed by atoms with Crippen LogP contribution in [-0.2, 0) is 14.3 Å². The monoisotopic (exact) mass is 507 g/mol. The van der Waals surface area contributed by atoms with Crippen LogP contribution in [0.4, 0.5) is 0 Å². The lowest BCUT2D eigenvalue weighted by atomic mass is 9.93. The van der Waals surface area contributed by atoms with Crippen molar-refractivity contribution in [3.8, 4) is 0 Å². The maximum absolute atomic E-state index is 11.2. The van der Waals surface area contributed by atoms with Gasteiger partial charge < -0.3 is 50.5 Å². The van der Waals surface area contributed by atoms with Crippen LogP contribution in [0.25, 0.3) is 0 Å². The van der Waals surface area contributed by atoms with Crippen LogP contribution < -0.4 is 5.32 Å². The third kappa shape index (κ3) is 10.2. The molecule has 0 aromatic heterocycles. The number of hydrogen-bond acceptors (Lipinski definition) is 10. The van der Waals surface area contributed by atoms with E-state index in [-0.39, 0.29) is 19.1 Å². The second-order valence-electron chi connectivity index (χ2n) is 9.90. The second kappa shape index (κ2) is 16.1. The predicted molar refractivity (Wildman–Crippen MR) is 125 cm³/mol. The highest BCUT2D eigenvalue weighted by Crippen LogP contribution is 2.25. The van der Waals surface area contributed by atoms with Crippen molar-refractivity contribution in [1.29, 1.82) is 0 Å². The van der Waals surface area contributed by atoms with E-state index in [0.717, 1.165) is 64.2 Å². The molecule has 0 aliphatic carbocycles. The van der Waals surface area contributed by atoms with Gasteiger partial charge in [0.1, 0.15) is 24.4 Å². The van der Waals surface area contributed by atoms with Crippen LogP contribution >= 0.6 is 0 Å². The molecule has 8 N–H and O–H groups in total. The molecule has 2 rings (SSSR count). The minimum Gasteiger partial charge on any atom is -0.481 e. The number of rotatable bonds is 16. The smallest absolute Gasteiger partial charge is 0.305 e. The van der Waals surface area contributed by atoms with E-state index >= 15 is 0 Å². The number of aliphatic hydroxyl groups is 6. The summed E-state index contributed by atoms with van der Waals surface area (Å²) in [6, 6.07) is 0.133. The van der Waals surface area contributed by atoms with E-state index in [9.17, 15) is 40.5 Å². The van der Waals surface area contributed by atoms with Crippen molar-refractivity contribution in [2.75, 3.05) is 13.2 Å². The zero-order chi connectivity index (χ0) is 25.8. The Bertz CT molecular complexity index is 595. The molecular formula is C24H45NO10. The summed E-state index contributed by atoms with van der Waals surface area (Å²) < 4.78 is 11.0. The molecule has 2 saturated heterocycles. The number of hydrogen-bond donors (Lipinski definition) is 8. The SMILES string of the molecule is O=C(O)CC(CCCCCCCCCC1CCC(O)C(CO)N1)OC1OC(CO)C(O)C(O)C1O. The fourth-order valence-electron chi connectivity index (χ4n) is 4.90. The molecule has 206 valence electrons. The van der Waals surface area contributed by atoms with Gasteiger partial charge in [0.2, 0.25) is 0 Å². The van der Waals surface area contributed by atoms with Gasteiger partial charge in [-0.05, 0) is 25.7 Å². The Morgan fingerprint density at radius 2 is 1.54 bits per heavy atom. The van der Waals surface area contributed by atoms with Crippen LogP contribution in [0.1, 0.15) is 77.0 Å². The van der Waals surface area contributed by atoms with Crippen molar-refractivity contribution < 1.29 is 50.0 Å². The van der Waals surface area contributed by atoms with Gasteiger partial charge in [-0.25, -0.2) is 0 Å². The van der Waals surface area contributed by atoms with E-state index in [2.05, 4.69) is 5.32 Å². The first kappa shape index (κ1) is 30.3. The van der Waals surface area contributed by atoms with E-state index < -0.39 is 55.5 Å². The van der Waals surface area contributed by atoms with Crippen LogP contribution in [-0.4, -0.2) is 110 Å². The van der Waals surface area contributed by atoms with E-state index in [1.54, 1.807) is 0 Å². The Labute approximate surface area is 207 Å². The molecule has 9 atom stereocenters. The third-order valence-corrected chi connectivity index (χ3v) is 7.08. The third-order valence-electron chi connectivity index (χ3n) is 7.08. The Hall–Kier alpha value is -0.890. The zero-order valence-electron chi connectivity index (χ0n) is 20.5. The maximum atomic E-state index is 11.2. The van der Waals surface area contributed by atoms with Gasteiger partial charge in [0, 0.05) is 6.04 Å². The number of carboxylic acids is 1. The molecule has 0 aromatic rings. The Balaban J connectivity index is 1.60. The molecule has 2 aliphatic rings. The van der Waals surface area contributed by atoms with E-state index in [1.807, 2.05) is 0 Å². The minimum atomic E-state index is -1.56. The number of aliphatic carboxylic acids is 1. The molecule has 0 spiro atoms. The summed E-state index contributed by atoms with van der Waals surface area (Å²) in [4.78, 5) is 11.2.